The molecular weight excluding hydrogens is 425 g/mol. The third-order valence-corrected chi connectivity index (χ3v) is 6.22. The Labute approximate surface area is 186 Å². The molecule has 0 spiro atoms. The van der Waals surface area contributed by atoms with Crippen LogP contribution < -0.4 is 0 Å². The SMILES string of the molecule is O=C1C(CC(O)CO)OC(c2cccc(Cl)c2)C(c2ccc(Cl)cc2)N1CC1CC1. The van der Waals surface area contributed by atoms with E-state index < -0.39 is 24.9 Å². The van der Waals surface area contributed by atoms with E-state index in [0.717, 1.165) is 24.0 Å². The van der Waals surface area contributed by atoms with Crippen molar-refractivity contribution in [3.8, 4) is 0 Å². The van der Waals surface area contributed by atoms with Crippen LogP contribution in [0.15, 0.2) is 48.5 Å². The van der Waals surface area contributed by atoms with Gasteiger partial charge in [0.1, 0.15) is 12.2 Å². The molecule has 30 heavy (non-hydrogen) atoms. The van der Waals surface area contributed by atoms with Gasteiger partial charge in [0.05, 0.1) is 18.8 Å². The van der Waals surface area contributed by atoms with Gasteiger partial charge in [0.2, 0.25) is 0 Å². The van der Waals surface area contributed by atoms with Crippen molar-refractivity contribution in [2.24, 2.45) is 5.92 Å². The summed E-state index contributed by atoms with van der Waals surface area (Å²) in [5.74, 6) is 0.318. The molecule has 4 unspecified atom stereocenters. The minimum Gasteiger partial charge on any atom is -0.394 e. The van der Waals surface area contributed by atoms with Crippen molar-refractivity contribution in [1.82, 2.24) is 4.90 Å². The van der Waals surface area contributed by atoms with Crippen LogP contribution >= 0.6 is 23.2 Å². The highest BCUT2D eigenvalue weighted by Crippen LogP contribution is 2.45. The maximum atomic E-state index is 13.4. The predicted octanol–water partition coefficient (Wildman–Crippen LogP) is 4.16. The third kappa shape index (κ3) is 4.82. The van der Waals surface area contributed by atoms with Crippen molar-refractivity contribution in [3.05, 3.63) is 69.7 Å². The quantitative estimate of drug-likeness (QED) is 0.665. The highest BCUT2D eigenvalue weighted by Gasteiger charge is 2.46. The predicted molar refractivity (Wildman–Crippen MR) is 115 cm³/mol. The first-order valence-corrected chi connectivity index (χ1v) is 11.0. The summed E-state index contributed by atoms with van der Waals surface area (Å²) in [6.45, 7) is 0.219. The van der Waals surface area contributed by atoms with Crippen LogP contribution in [0.25, 0.3) is 0 Å². The number of hydrogen-bond donors (Lipinski definition) is 2. The van der Waals surface area contributed by atoms with Crippen LogP contribution in [0.2, 0.25) is 10.0 Å². The van der Waals surface area contributed by atoms with Gasteiger partial charge in [0, 0.05) is 23.0 Å². The lowest BCUT2D eigenvalue weighted by molar-refractivity contribution is -0.179. The van der Waals surface area contributed by atoms with Gasteiger partial charge in [-0.05, 0) is 54.2 Å². The Morgan fingerprint density at radius 3 is 2.43 bits per heavy atom. The number of amides is 1. The molecule has 1 aliphatic heterocycles. The second-order valence-electron chi connectivity index (χ2n) is 8.10. The molecule has 4 atom stereocenters. The van der Waals surface area contributed by atoms with Crippen molar-refractivity contribution in [2.75, 3.05) is 13.2 Å². The van der Waals surface area contributed by atoms with Crippen molar-refractivity contribution in [1.29, 1.82) is 0 Å². The zero-order valence-electron chi connectivity index (χ0n) is 16.5. The molecule has 4 rings (SSSR count). The van der Waals surface area contributed by atoms with Crippen LogP contribution in [0.4, 0.5) is 0 Å². The van der Waals surface area contributed by atoms with Gasteiger partial charge in [-0.3, -0.25) is 4.79 Å². The van der Waals surface area contributed by atoms with Crippen molar-refractivity contribution in [2.45, 2.75) is 43.6 Å². The summed E-state index contributed by atoms with van der Waals surface area (Å²) in [5, 5.41) is 20.5. The molecule has 1 saturated carbocycles. The fourth-order valence-electron chi connectivity index (χ4n) is 4.01. The molecule has 160 valence electrons. The zero-order chi connectivity index (χ0) is 21.3. The number of aliphatic hydroxyl groups is 2. The van der Waals surface area contributed by atoms with Gasteiger partial charge in [-0.2, -0.15) is 0 Å². The van der Waals surface area contributed by atoms with E-state index in [0.29, 0.717) is 22.5 Å². The largest absolute Gasteiger partial charge is 0.394 e. The first-order chi connectivity index (χ1) is 14.5. The van der Waals surface area contributed by atoms with Crippen LogP contribution in [-0.2, 0) is 9.53 Å². The van der Waals surface area contributed by atoms with Crippen LogP contribution in [0, 0.1) is 5.92 Å². The van der Waals surface area contributed by atoms with E-state index in [4.69, 9.17) is 27.9 Å². The number of hydrogen-bond acceptors (Lipinski definition) is 4. The minimum absolute atomic E-state index is 0.0426. The molecule has 1 saturated heterocycles. The van der Waals surface area contributed by atoms with Crippen LogP contribution in [0.1, 0.15) is 42.5 Å². The van der Waals surface area contributed by atoms with E-state index in [1.807, 2.05) is 47.4 Å². The molecule has 5 nitrogen and oxygen atoms in total. The minimum atomic E-state index is -1.02. The van der Waals surface area contributed by atoms with E-state index in [-0.39, 0.29) is 18.4 Å². The topological polar surface area (TPSA) is 70.0 Å². The first-order valence-electron chi connectivity index (χ1n) is 10.2. The molecule has 1 amide bonds. The van der Waals surface area contributed by atoms with E-state index in [1.54, 1.807) is 6.07 Å². The molecule has 2 aliphatic rings. The molecule has 1 aliphatic carbocycles. The van der Waals surface area contributed by atoms with Gasteiger partial charge in [-0.1, -0.05) is 47.5 Å². The van der Waals surface area contributed by atoms with E-state index in [2.05, 4.69) is 0 Å². The number of nitrogens with zero attached hydrogens (tertiary/aromatic N) is 1. The Morgan fingerprint density at radius 1 is 1.07 bits per heavy atom. The lowest BCUT2D eigenvalue weighted by Gasteiger charge is -2.45. The summed E-state index contributed by atoms with van der Waals surface area (Å²) in [6.07, 6.45) is -0.0709. The third-order valence-electron chi connectivity index (χ3n) is 5.73. The van der Waals surface area contributed by atoms with Crippen LogP contribution in [-0.4, -0.2) is 46.4 Å². The summed E-state index contributed by atoms with van der Waals surface area (Å²) < 4.78 is 6.29. The number of ether oxygens (including phenoxy) is 1. The summed E-state index contributed by atoms with van der Waals surface area (Å²) in [4.78, 5) is 15.3. The van der Waals surface area contributed by atoms with Gasteiger partial charge < -0.3 is 19.8 Å². The Kier molecular flexibility index (Phi) is 6.66. The Morgan fingerprint density at radius 2 is 1.80 bits per heavy atom. The number of carbonyl (C=O) groups excluding carboxylic acids is 1. The molecule has 2 fully saturated rings. The summed E-state index contributed by atoms with van der Waals surface area (Å²) in [5.41, 5.74) is 1.79. The summed E-state index contributed by atoms with van der Waals surface area (Å²) in [7, 11) is 0. The monoisotopic (exact) mass is 449 g/mol. The maximum Gasteiger partial charge on any atom is 0.252 e. The van der Waals surface area contributed by atoms with Gasteiger partial charge >= 0.3 is 0 Å². The van der Waals surface area contributed by atoms with Gasteiger partial charge in [-0.15, -0.1) is 0 Å². The standard InChI is InChI=1S/C23H25Cl2NO4/c24-17-8-6-15(7-9-17)21-22(16-2-1-3-18(25)10-16)30-20(11-19(28)13-27)23(29)26(21)12-14-4-5-14/h1-3,6-10,14,19-22,27-28H,4-5,11-13H2. The van der Waals surface area contributed by atoms with E-state index >= 15 is 0 Å². The highest BCUT2D eigenvalue weighted by molar-refractivity contribution is 6.30. The lowest BCUT2D eigenvalue weighted by Crippen LogP contribution is -2.52. The number of rotatable bonds is 7. The van der Waals surface area contributed by atoms with Gasteiger partial charge in [0.25, 0.3) is 5.91 Å². The molecular formula is C23H25Cl2NO4. The maximum absolute atomic E-state index is 13.4. The molecule has 7 heteroatoms. The molecule has 0 aromatic heterocycles. The number of morpholine rings is 1. The van der Waals surface area contributed by atoms with E-state index in [1.165, 1.54) is 0 Å². The number of halogens is 2. The molecule has 1 heterocycles. The van der Waals surface area contributed by atoms with Crippen LogP contribution in [0.5, 0.6) is 0 Å². The van der Waals surface area contributed by atoms with Crippen molar-refractivity contribution < 1.29 is 19.7 Å². The van der Waals surface area contributed by atoms with Gasteiger partial charge in [-0.25, -0.2) is 0 Å². The normalized spacial score (nSPS) is 25.4. The summed E-state index contributed by atoms with van der Waals surface area (Å²) >= 11 is 12.4. The number of aliphatic hydroxyl groups excluding tert-OH is 2. The van der Waals surface area contributed by atoms with Gasteiger partial charge in [0.15, 0.2) is 0 Å². The van der Waals surface area contributed by atoms with Crippen molar-refractivity contribution in [3.63, 3.8) is 0 Å². The second kappa shape index (κ2) is 9.25. The van der Waals surface area contributed by atoms with Crippen LogP contribution in [0.3, 0.4) is 0 Å². The van der Waals surface area contributed by atoms with Crippen molar-refractivity contribution >= 4 is 29.1 Å². The summed E-state index contributed by atoms with van der Waals surface area (Å²) in [6, 6.07) is 14.6. The van der Waals surface area contributed by atoms with E-state index in [9.17, 15) is 15.0 Å². The molecule has 0 radical (unpaired) electrons. The average molecular weight is 450 g/mol. The fourth-order valence-corrected chi connectivity index (χ4v) is 4.34. The Balaban J connectivity index is 1.76. The Bertz CT molecular complexity index is 887. The Hall–Kier alpha value is -1.63. The average Bonchev–Trinajstić information content (AvgIpc) is 3.55. The highest BCUT2D eigenvalue weighted by atomic mass is 35.5. The number of carbonyl (C=O) groups is 1. The fraction of sp³-hybridized carbons (Fsp3) is 0.435. The molecule has 2 N–H and O–H groups in total. The number of benzene rings is 2. The second-order valence-corrected chi connectivity index (χ2v) is 8.98. The molecule has 2 aromatic carbocycles. The molecule has 2 aromatic rings. The molecule has 0 bridgehead atoms. The smallest absolute Gasteiger partial charge is 0.252 e. The zero-order valence-corrected chi connectivity index (χ0v) is 18.0. The lowest BCUT2D eigenvalue weighted by atomic mass is 9.90. The first kappa shape index (κ1) is 21.6.